The second kappa shape index (κ2) is 6.70. The van der Waals surface area contributed by atoms with Gasteiger partial charge in [0.15, 0.2) is 0 Å². The first-order chi connectivity index (χ1) is 12.0. The number of aliphatic hydroxyl groups excluding tert-OH is 1. The molecule has 0 radical (unpaired) electrons. The molecule has 1 N–H and O–H groups in total. The van der Waals surface area contributed by atoms with Crippen molar-refractivity contribution in [1.29, 1.82) is 0 Å². The lowest BCUT2D eigenvalue weighted by molar-refractivity contribution is -0.136. The van der Waals surface area contributed by atoms with Crippen molar-refractivity contribution in [2.24, 2.45) is 40.4 Å². The van der Waals surface area contributed by atoms with Gasteiger partial charge in [0, 0.05) is 0 Å². The van der Waals surface area contributed by atoms with E-state index in [1.54, 1.807) is 0 Å². The van der Waals surface area contributed by atoms with Gasteiger partial charge in [0.25, 0.3) is 0 Å². The van der Waals surface area contributed by atoms with Gasteiger partial charge >= 0.3 is 0 Å². The van der Waals surface area contributed by atoms with Gasteiger partial charge < -0.3 is 5.11 Å². The molecule has 3 saturated carbocycles. The van der Waals surface area contributed by atoms with Crippen molar-refractivity contribution in [2.75, 3.05) is 0 Å². The summed E-state index contributed by atoms with van der Waals surface area (Å²) in [5, 5.41) is 10.2. The van der Waals surface area contributed by atoms with Crippen LogP contribution in [0.15, 0.2) is 12.2 Å². The van der Waals surface area contributed by atoms with Crippen LogP contribution in [0, 0.1) is 40.4 Å². The fourth-order valence-electron chi connectivity index (χ4n) is 8.08. The quantitative estimate of drug-likeness (QED) is 0.578. The molecule has 0 bridgehead atoms. The van der Waals surface area contributed by atoms with Crippen molar-refractivity contribution < 1.29 is 5.11 Å². The van der Waals surface area contributed by atoms with Crippen LogP contribution in [0.25, 0.3) is 0 Å². The molecule has 0 aromatic rings. The molecule has 0 saturated heterocycles. The standard InChI is InChI=1S/C24H40O/c1-4-7-17-8-5-6-9-21-20-11-10-18-16-19(25)12-14-24(18,3)22(20)13-15-23(17,21)2/h5,8,17-22,25H,4,6-7,9-16H2,1-3H3/t17?,18-,19-,20?,21?,22?,23+,24?/m0/s1. The lowest BCUT2D eigenvalue weighted by Crippen LogP contribution is -2.55. The highest BCUT2D eigenvalue weighted by molar-refractivity contribution is 5.11. The van der Waals surface area contributed by atoms with Gasteiger partial charge in [-0.25, -0.2) is 0 Å². The van der Waals surface area contributed by atoms with Crippen LogP contribution in [-0.2, 0) is 0 Å². The van der Waals surface area contributed by atoms with E-state index in [1.807, 2.05) is 0 Å². The first-order valence-corrected chi connectivity index (χ1v) is 11.3. The van der Waals surface area contributed by atoms with E-state index < -0.39 is 0 Å². The zero-order valence-electron chi connectivity index (χ0n) is 16.8. The minimum Gasteiger partial charge on any atom is -0.393 e. The van der Waals surface area contributed by atoms with E-state index in [0.717, 1.165) is 42.4 Å². The first kappa shape index (κ1) is 18.1. The molecule has 0 heterocycles. The molecule has 0 amide bonds. The van der Waals surface area contributed by atoms with Crippen LogP contribution < -0.4 is 0 Å². The van der Waals surface area contributed by atoms with Gasteiger partial charge in [0.05, 0.1) is 6.10 Å². The van der Waals surface area contributed by atoms with Crippen LogP contribution in [0.1, 0.15) is 91.4 Å². The molecule has 4 rings (SSSR count). The average Bonchev–Trinajstić information content (AvgIpc) is 2.75. The van der Waals surface area contributed by atoms with E-state index in [4.69, 9.17) is 0 Å². The Morgan fingerprint density at radius 1 is 0.960 bits per heavy atom. The molecule has 0 aliphatic heterocycles. The Kier molecular flexibility index (Phi) is 4.84. The Bertz CT molecular complexity index is 510. The predicted molar refractivity (Wildman–Crippen MR) is 105 cm³/mol. The summed E-state index contributed by atoms with van der Waals surface area (Å²) in [5.41, 5.74) is 1.06. The summed E-state index contributed by atoms with van der Waals surface area (Å²) in [7, 11) is 0. The van der Waals surface area contributed by atoms with E-state index in [1.165, 1.54) is 57.8 Å². The third kappa shape index (κ3) is 2.84. The van der Waals surface area contributed by atoms with Gasteiger partial charge in [-0.2, -0.15) is 0 Å². The Labute approximate surface area is 155 Å². The lowest BCUT2D eigenvalue weighted by Gasteiger charge is -2.62. The Morgan fingerprint density at radius 3 is 2.52 bits per heavy atom. The number of allylic oxidation sites excluding steroid dienone is 2. The topological polar surface area (TPSA) is 20.2 Å². The largest absolute Gasteiger partial charge is 0.393 e. The van der Waals surface area contributed by atoms with Crippen LogP contribution in [0.2, 0.25) is 0 Å². The lowest BCUT2D eigenvalue weighted by atomic mass is 9.43. The Balaban J connectivity index is 1.62. The number of rotatable bonds is 2. The van der Waals surface area contributed by atoms with Crippen molar-refractivity contribution in [2.45, 2.75) is 97.5 Å². The Hall–Kier alpha value is -0.300. The molecule has 1 heteroatoms. The molecule has 4 aliphatic carbocycles. The minimum absolute atomic E-state index is 0.0144. The van der Waals surface area contributed by atoms with Crippen LogP contribution in [0.5, 0.6) is 0 Å². The third-order valence-electron chi connectivity index (χ3n) is 9.54. The van der Waals surface area contributed by atoms with E-state index in [2.05, 4.69) is 32.9 Å². The van der Waals surface area contributed by atoms with Crippen molar-refractivity contribution in [3.05, 3.63) is 12.2 Å². The fourth-order valence-corrected chi connectivity index (χ4v) is 8.08. The van der Waals surface area contributed by atoms with Crippen LogP contribution in [0.3, 0.4) is 0 Å². The molecule has 4 aliphatic rings. The highest BCUT2D eigenvalue weighted by Crippen LogP contribution is 2.65. The SMILES string of the molecule is CCCC1C=CCCC2C3CC[C@H]4C[C@@H](O)CCC4(C)C3CC[C@]12C. The van der Waals surface area contributed by atoms with Gasteiger partial charge in [0.1, 0.15) is 0 Å². The second-order valence-electron chi connectivity index (χ2n) is 10.5. The normalized spacial score (nSPS) is 52.6. The zero-order chi connectivity index (χ0) is 17.7. The van der Waals surface area contributed by atoms with E-state index in [0.29, 0.717) is 10.8 Å². The average molecular weight is 345 g/mol. The van der Waals surface area contributed by atoms with Crippen molar-refractivity contribution >= 4 is 0 Å². The van der Waals surface area contributed by atoms with Crippen molar-refractivity contribution in [1.82, 2.24) is 0 Å². The van der Waals surface area contributed by atoms with Crippen LogP contribution in [0.4, 0.5) is 0 Å². The molecular formula is C24H40O. The monoisotopic (exact) mass is 344 g/mol. The van der Waals surface area contributed by atoms with Gasteiger partial charge in [0.2, 0.25) is 0 Å². The number of hydrogen-bond acceptors (Lipinski definition) is 1. The minimum atomic E-state index is -0.0144. The molecule has 0 spiro atoms. The van der Waals surface area contributed by atoms with Gasteiger partial charge in [-0.1, -0.05) is 39.3 Å². The summed E-state index contributed by atoms with van der Waals surface area (Å²) in [6, 6.07) is 0. The summed E-state index contributed by atoms with van der Waals surface area (Å²) in [6.45, 7) is 7.63. The molecule has 25 heavy (non-hydrogen) atoms. The van der Waals surface area contributed by atoms with E-state index in [-0.39, 0.29) is 6.10 Å². The fraction of sp³-hybridized carbons (Fsp3) is 0.917. The molecule has 3 fully saturated rings. The van der Waals surface area contributed by atoms with E-state index >= 15 is 0 Å². The van der Waals surface area contributed by atoms with E-state index in [9.17, 15) is 5.11 Å². The van der Waals surface area contributed by atoms with Crippen molar-refractivity contribution in [3.63, 3.8) is 0 Å². The number of hydrogen-bond donors (Lipinski definition) is 1. The molecule has 142 valence electrons. The highest BCUT2D eigenvalue weighted by atomic mass is 16.3. The van der Waals surface area contributed by atoms with Crippen LogP contribution in [-0.4, -0.2) is 11.2 Å². The summed E-state index contributed by atoms with van der Waals surface area (Å²) >= 11 is 0. The van der Waals surface area contributed by atoms with Gasteiger partial charge in [-0.05, 0) is 105 Å². The molecule has 0 aromatic heterocycles. The molecule has 0 aromatic carbocycles. The maximum absolute atomic E-state index is 10.2. The number of fused-ring (bicyclic) bond motifs is 5. The molecule has 1 nitrogen and oxygen atoms in total. The summed E-state index contributed by atoms with van der Waals surface area (Å²) in [5.74, 6) is 4.41. The van der Waals surface area contributed by atoms with Gasteiger partial charge in [-0.15, -0.1) is 0 Å². The van der Waals surface area contributed by atoms with Gasteiger partial charge in [-0.3, -0.25) is 0 Å². The molecule has 8 atom stereocenters. The number of aliphatic hydroxyl groups is 1. The molecule has 5 unspecified atom stereocenters. The second-order valence-corrected chi connectivity index (χ2v) is 10.5. The summed E-state index contributed by atoms with van der Waals surface area (Å²) in [6.07, 6.45) is 19.7. The maximum Gasteiger partial charge on any atom is 0.0543 e. The Morgan fingerprint density at radius 2 is 1.72 bits per heavy atom. The summed E-state index contributed by atoms with van der Waals surface area (Å²) in [4.78, 5) is 0. The van der Waals surface area contributed by atoms with Crippen LogP contribution >= 0.6 is 0 Å². The maximum atomic E-state index is 10.2. The zero-order valence-corrected chi connectivity index (χ0v) is 16.8. The summed E-state index contributed by atoms with van der Waals surface area (Å²) < 4.78 is 0. The molecular weight excluding hydrogens is 304 g/mol. The highest BCUT2D eigenvalue weighted by Gasteiger charge is 2.57. The predicted octanol–water partition coefficient (Wildman–Crippen LogP) is 6.36. The first-order valence-electron chi connectivity index (χ1n) is 11.3. The third-order valence-corrected chi connectivity index (χ3v) is 9.54. The smallest absolute Gasteiger partial charge is 0.0543 e. The van der Waals surface area contributed by atoms with Crippen molar-refractivity contribution in [3.8, 4) is 0 Å².